The van der Waals surface area contributed by atoms with Crippen molar-refractivity contribution < 1.29 is 14.3 Å². The summed E-state index contributed by atoms with van der Waals surface area (Å²) in [5.74, 6) is 6.44. The molecular formula is C28H33N3O3. The van der Waals surface area contributed by atoms with Crippen molar-refractivity contribution in [2.45, 2.75) is 57.5 Å². The summed E-state index contributed by atoms with van der Waals surface area (Å²) in [7, 11) is 0. The summed E-state index contributed by atoms with van der Waals surface area (Å²) in [6.07, 6.45) is 16.0. The number of amides is 1. The van der Waals surface area contributed by atoms with Crippen molar-refractivity contribution in [1.82, 2.24) is 14.9 Å². The Hall–Kier alpha value is -2.76. The molecule has 2 aromatic rings. The molecule has 5 aliphatic rings. The number of fused-ring (bicyclic) bond motifs is 8. The number of aromatic nitrogens is 2. The molecule has 7 rings (SSSR count). The maximum Gasteiger partial charge on any atom is 0.231 e. The Morgan fingerprint density at radius 1 is 1.03 bits per heavy atom. The van der Waals surface area contributed by atoms with E-state index in [0.29, 0.717) is 23.8 Å². The lowest BCUT2D eigenvalue weighted by atomic mass is 9.56. The van der Waals surface area contributed by atoms with Crippen molar-refractivity contribution in [2.24, 2.45) is 35.5 Å². The fourth-order valence-electron chi connectivity index (χ4n) is 8.15. The van der Waals surface area contributed by atoms with Crippen LogP contribution in [0, 0.1) is 35.5 Å². The van der Waals surface area contributed by atoms with Crippen LogP contribution in [0.1, 0.15) is 68.9 Å². The van der Waals surface area contributed by atoms with Gasteiger partial charge >= 0.3 is 0 Å². The van der Waals surface area contributed by atoms with Crippen molar-refractivity contribution in [3.63, 3.8) is 0 Å². The Bertz CT molecular complexity index is 1140. The Morgan fingerprint density at radius 2 is 1.82 bits per heavy atom. The van der Waals surface area contributed by atoms with Crippen molar-refractivity contribution in [2.75, 3.05) is 6.79 Å². The number of carbonyl (C=O) groups excluding carboxylic acids is 1. The van der Waals surface area contributed by atoms with Gasteiger partial charge in [-0.15, -0.1) is 0 Å². The predicted molar refractivity (Wildman–Crippen MR) is 128 cm³/mol. The summed E-state index contributed by atoms with van der Waals surface area (Å²) in [6, 6.07) is 6.50. The first-order chi connectivity index (χ1) is 16.7. The van der Waals surface area contributed by atoms with E-state index >= 15 is 0 Å². The third-order valence-electron chi connectivity index (χ3n) is 9.66. The number of rotatable bonds is 3. The number of benzene rings is 1. The summed E-state index contributed by atoms with van der Waals surface area (Å²) >= 11 is 0. The Kier molecular flexibility index (Phi) is 4.78. The lowest BCUT2D eigenvalue weighted by Crippen LogP contribution is -2.45. The van der Waals surface area contributed by atoms with Crippen LogP contribution in [0.25, 0.3) is 6.08 Å². The molecule has 6 heteroatoms. The smallest absolute Gasteiger partial charge is 0.231 e. The largest absolute Gasteiger partial charge is 0.454 e. The number of ether oxygens (including phenoxy) is 2. The average molecular weight is 460 g/mol. The summed E-state index contributed by atoms with van der Waals surface area (Å²) in [5.41, 5.74) is 1.07. The molecule has 3 aliphatic carbocycles. The van der Waals surface area contributed by atoms with Crippen LogP contribution in [-0.4, -0.2) is 22.3 Å². The van der Waals surface area contributed by atoms with E-state index in [-0.39, 0.29) is 24.7 Å². The van der Waals surface area contributed by atoms with Crippen molar-refractivity contribution in [3.8, 4) is 11.5 Å². The van der Waals surface area contributed by atoms with Gasteiger partial charge in [-0.3, -0.25) is 4.79 Å². The number of hydrogen-bond acceptors (Lipinski definition) is 4. The lowest BCUT2D eigenvalue weighted by molar-refractivity contribution is -0.128. The average Bonchev–Trinajstić information content (AvgIpc) is 3.61. The highest BCUT2D eigenvalue weighted by molar-refractivity contribution is 5.80. The van der Waals surface area contributed by atoms with Gasteiger partial charge in [0.2, 0.25) is 12.7 Å². The summed E-state index contributed by atoms with van der Waals surface area (Å²) in [4.78, 5) is 17.9. The van der Waals surface area contributed by atoms with E-state index in [9.17, 15) is 4.79 Å². The van der Waals surface area contributed by atoms with Gasteiger partial charge in [0.05, 0.1) is 6.04 Å². The molecule has 1 amide bonds. The summed E-state index contributed by atoms with van der Waals surface area (Å²) in [5, 5.41) is 3.33. The molecular weight excluding hydrogens is 426 g/mol. The molecule has 0 bridgehead atoms. The minimum atomic E-state index is -0.0374. The van der Waals surface area contributed by atoms with Crippen LogP contribution < -0.4 is 14.8 Å². The van der Waals surface area contributed by atoms with Gasteiger partial charge in [-0.05, 0) is 92.9 Å². The molecule has 1 N–H and O–H groups in total. The van der Waals surface area contributed by atoms with Gasteiger partial charge < -0.3 is 19.4 Å². The van der Waals surface area contributed by atoms with Gasteiger partial charge in [-0.2, -0.15) is 0 Å². The quantitative estimate of drug-likeness (QED) is 0.691. The van der Waals surface area contributed by atoms with Crippen LogP contribution in [0.5, 0.6) is 11.5 Å². The number of carbonyl (C=O) groups is 1. The predicted octanol–water partition coefficient (Wildman–Crippen LogP) is 5.14. The number of allylic oxidation sites excluding steroid dienone is 1. The molecule has 2 aliphatic heterocycles. The van der Waals surface area contributed by atoms with Crippen molar-refractivity contribution >= 4 is 12.0 Å². The third kappa shape index (κ3) is 3.14. The minimum Gasteiger partial charge on any atom is -0.454 e. The number of hydrogen-bond donors (Lipinski definition) is 1. The third-order valence-corrected chi connectivity index (χ3v) is 9.66. The molecule has 178 valence electrons. The maximum atomic E-state index is 13.4. The maximum absolute atomic E-state index is 13.4. The monoisotopic (exact) mass is 459 g/mol. The van der Waals surface area contributed by atoms with Crippen molar-refractivity contribution in [1.29, 1.82) is 0 Å². The fraction of sp³-hybridized carbons (Fsp3) is 0.571. The fourth-order valence-corrected chi connectivity index (χ4v) is 8.15. The number of imidazole rings is 1. The van der Waals surface area contributed by atoms with E-state index < -0.39 is 0 Å². The molecule has 3 fully saturated rings. The Balaban J connectivity index is 1.04. The second kappa shape index (κ2) is 7.89. The zero-order chi connectivity index (χ0) is 22.8. The normalized spacial score (nSPS) is 35.6. The highest BCUT2D eigenvalue weighted by Crippen LogP contribution is 2.58. The van der Waals surface area contributed by atoms with Gasteiger partial charge in [0.15, 0.2) is 11.5 Å². The first-order valence-corrected chi connectivity index (χ1v) is 13.1. The molecule has 0 saturated heterocycles. The van der Waals surface area contributed by atoms with E-state index in [1.807, 2.05) is 24.4 Å². The van der Waals surface area contributed by atoms with Crippen LogP contribution in [0.4, 0.5) is 0 Å². The zero-order valence-corrected chi connectivity index (χ0v) is 19.7. The zero-order valence-electron chi connectivity index (χ0n) is 19.7. The highest BCUT2D eigenvalue weighted by Gasteiger charge is 2.52. The molecule has 8 atom stereocenters. The van der Waals surface area contributed by atoms with Crippen LogP contribution >= 0.6 is 0 Å². The Morgan fingerprint density at radius 3 is 2.76 bits per heavy atom. The van der Waals surface area contributed by atoms with E-state index in [1.54, 1.807) is 0 Å². The van der Waals surface area contributed by atoms with Crippen molar-refractivity contribution in [3.05, 3.63) is 48.1 Å². The molecule has 0 radical (unpaired) electrons. The molecule has 3 heterocycles. The first-order valence-electron chi connectivity index (χ1n) is 13.1. The van der Waals surface area contributed by atoms with Crippen LogP contribution in [0.15, 0.2) is 36.7 Å². The molecule has 1 aromatic heterocycles. The van der Waals surface area contributed by atoms with Gasteiger partial charge in [-0.1, -0.05) is 12.1 Å². The minimum absolute atomic E-state index is 0.0374. The van der Waals surface area contributed by atoms with Gasteiger partial charge in [-0.25, -0.2) is 4.98 Å². The summed E-state index contributed by atoms with van der Waals surface area (Å²) in [6.45, 7) is 2.34. The number of nitrogens with one attached hydrogen (secondary N) is 1. The molecule has 3 saturated carbocycles. The molecule has 0 spiro atoms. The molecule has 34 heavy (non-hydrogen) atoms. The second-order valence-electron chi connectivity index (χ2n) is 11.0. The standard InChI is InChI=1S/C28H33N3O3/c1-16(17-2-10-25-26(14-17)34-15-33-25)30-28(32)23-6-5-18-19-7-9-24-22(20(19)3-4-21(18)23)8-11-27-29-12-13-31(24)27/h2,8,10-14,16,18-24H,3-7,9,15H2,1H3,(H,30,32)/t16?,18-,19-,20-,21-,22+,23+,24?/m0/s1. The van der Waals surface area contributed by atoms with Gasteiger partial charge in [0.1, 0.15) is 5.82 Å². The summed E-state index contributed by atoms with van der Waals surface area (Å²) < 4.78 is 13.4. The van der Waals surface area contributed by atoms with E-state index in [1.165, 1.54) is 32.1 Å². The highest BCUT2D eigenvalue weighted by atomic mass is 16.7. The lowest BCUT2D eigenvalue weighted by Gasteiger charge is -2.51. The molecule has 6 nitrogen and oxygen atoms in total. The molecule has 2 unspecified atom stereocenters. The van der Waals surface area contributed by atoms with Crippen LogP contribution in [0.3, 0.4) is 0 Å². The Labute approximate surface area is 200 Å². The first kappa shape index (κ1) is 20.6. The van der Waals surface area contributed by atoms with Gasteiger partial charge in [0, 0.05) is 30.3 Å². The van der Waals surface area contributed by atoms with Crippen LogP contribution in [-0.2, 0) is 4.79 Å². The molecule has 1 aromatic carbocycles. The SMILES string of the molecule is CC(NC(=O)[C@@H]1CC[C@H]2[C@@H]3CCC4[C@H](C=Cc5nccn54)[C@H]3CC[C@@H]21)c1ccc2c(c1)OCO2. The van der Waals surface area contributed by atoms with Gasteiger partial charge in [0.25, 0.3) is 0 Å². The van der Waals surface area contributed by atoms with E-state index in [2.05, 4.69) is 40.1 Å². The van der Waals surface area contributed by atoms with E-state index in [4.69, 9.17) is 9.47 Å². The topological polar surface area (TPSA) is 65.4 Å². The number of nitrogens with zero attached hydrogens (tertiary/aromatic N) is 2. The van der Waals surface area contributed by atoms with Crippen LogP contribution in [0.2, 0.25) is 0 Å². The second-order valence-corrected chi connectivity index (χ2v) is 11.0. The van der Waals surface area contributed by atoms with E-state index in [0.717, 1.165) is 41.1 Å².